The lowest BCUT2D eigenvalue weighted by Gasteiger charge is -2.25. The van der Waals surface area contributed by atoms with Gasteiger partial charge in [-0.25, -0.2) is 0 Å². The van der Waals surface area contributed by atoms with Crippen LogP contribution >= 0.6 is 0 Å². The third kappa shape index (κ3) is 2.00. The van der Waals surface area contributed by atoms with Gasteiger partial charge in [-0.2, -0.15) is 0 Å². The van der Waals surface area contributed by atoms with Crippen LogP contribution in [0.4, 0.5) is 0 Å². The summed E-state index contributed by atoms with van der Waals surface area (Å²) in [7, 11) is 0. The molecule has 0 radical (unpaired) electrons. The number of hydrogen-bond acceptors (Lipinski definition) is 0. The highest BCUT2D eigenvalue weighted by atomic mass is 14.2. The van der Waals surface area contributed by atoms with Gasteiger partial charge in [-0.3, -0.25) is 0 Å². The first-order chi connectivity index (χ1) is 9.08. The van der Waals surface area contributed by atoms with E-state index in [1.807, 2.05) is 0 Å². The minimum atomic E-state index is 0.557. The van der Waals surface area contributed by atoms with E-state index >= 15 is 0 Å². The van der Waals surface area contributed by atoms with Crippen LogP contribution in [-0.4, -0.2) is 0 Å². The molecule has 0 heterocycles. The van der Waals surface area contributed by atoms with E-state index in [1.165, 1.54) is 27.5 Å². The largest absolute Gasteiger partial charge is 0.0761 e. The van der Waals surface area contributed by atoms with Crippen molar-refractivity contribution in [3.63, 3.8) is 0 Å². The predicted octanol–water partition coefficient (Wildman–Crippen LogP) is 5.73. The monoisotopic (exact) mass is 250 g/mol. The minimum absolute atomic E-state index is 0.557. The quantitative estimate of drug-likeness (QED) is 0.638. The van der Waals surface area contributed by atoms with Crippen LogP contribution in [0.25, 0.3) is 16.8 Å². The van der Waals surface area contributed by atoms with Gasteiger partial charge in [0.2, 0.25) is 0 Å². The molecule has 3 rings (SSSR count). The van der Waals surface area contributed by atoms with E-state index in [0.29, 0.717) is 17.8 Å². The Morgan fingerprint density at radius 1 is 1.00 bits per heavy atom. The van der Waals surface area contributed by atoms with E-state index in [0.717, 1.165) is 0 Å². The SMILES string of the molecule is CC(C)c1cc2c3c(cccc3c1)C(C(C)C)C=C2. The molecule has 0 fully saturated rings. The van der Waals surface area contributed by atoms with Crippen molar-refractivity contribution >= 4 is 16.8 Å². The van der Waals surface area contributed by atoms with Crippen LogP contribution in [0.5, 0.6) is 0 Å². The smallest absolute Gasteiger partial charge is 0.00507 e. The lowest BCUT2D eigenvalue weighted by atomic mass is 9.79. The second kappa shape index (κ2) is 4.52. The Balaban J connectivity index is 2.30. The lowest BCUT2D eigenvalue weighted by molar-refractivity contribution is 0.581. The van der Waals surface area contributed by atoms with Crippen molar-refractivity contribution in [3.8, 4) is 0 Å². The molecule has 0 bridgehead atoms. The Bertz CT molecular complexity index is 644. The van der Waals surface area contributed by atoms with Gasteiger partial charge in [0, 0.05) is 5.92 Å². The fourth-order valence-corrected chi connectivity index (χ4v) is 3.15. The van der Waals surface area contributed by atoms with Crippen LogP contribution in [-0.2, 0) is 0 Å². The van der Waals surface area contributed by atoms with E-state index in [-0.39, 0.29) is 0 Å². The highest BCUT2D eigenvalue weighted by molar-refractivity contribution is 5.96. The molecule has 1 aliphatic rings. The van der Waals surface area contributed by atoms with Gasteiger partial charge in [0.25, 0.3) is 0 Å². The van der Waals surface area contributed by atoms with Gasteiger partial charge in [0.1, 0.15) is 0 Å². The van der Waals surface area contributed by atoms with Gasteiger partial charge in [-0.15, -0.1) is 0 Å². The molecule has 0 saturated heterocycles. The lowest BCUT2D eigenvalue weighted by Crippen LogP contribution is -2.08. The molecule has 1 atom stereocenters. The molecule has 0 heteroatoms. The summed E-state index contributed by atoms with van der Waals surface area (Å²) in [5.41, 5.74) is 4.33. The Morgan fingerprint density at radius 3 is 2.47 bits per heavy atom. The Morgan fingerprint density at radius 2 is 1.79 bits per heavy atom. The first kappa shape index (κ1) is 12.5. The molecule has 19 heavy (non-hydrogen) atoms. The van der Waals surface area contributed by atoms with E-state index in [1.54, 1.807) is 0 Å². The molecule has 0 N–H and O–H groups in total. The first-order valence-corrected chi connectivity index (χ1v) is 7.32. The van der Waals surface area contributed by atoms with E-state index in [2.05, 4.69) is 70.2 Å². The third-order valence-electron chi connectivity index (χ3n) is 4.29. The second-order valence-electron chi connectivity index (χ2n) is 6.34. The summed E-state index contributed by atoms with van der Waals surface area (Å²) in [5, 5.41) is 2.86. The fraction of sp³-hybridized carbons (Fsp3) is 0.368. The maximum Gasteiger partial charge on any atom is 0.00507 e. The standard InChI is InChI=1S/C19H22/c1-12(2)16-10-14-6-5-7-18-17(13(3)4)9-8-15(11-16)19(14)18/h5-13,17H,1-4H3. The van der Waals surface area contributed by atoms with Gasteiger partial charge < -0.3 is 0 Å². The van der Waals surface area contributed by atoms with Crippen LogP contribution in [0.15, 0.2) is 36.4 Å². The molecule has 2 aromatic carbocycles. The van der Waals surface area contributed by atoms with Crippen LogP contribution in [0.3, 0.4) is 0 Å². The summed E-state index contributed by atoms with van der Waals surface area (Å²) >= 11 is 0. The van der Waals surface area contributed by atoms with Crippen LogP contribution in [0, 0.1) is 5.92 Å². The Hall–Kier alpha value is -1.56. The van der Waals surface area contributed by atoms with Gasteiger partial charge >= 0.3 is 0 Å². The van der Waals surface area contributed by atoms with Gasteiger partial charge in [-0.05, 0) is 39.3 Å². The number of allylic oxidation sites excluding steroid dienone is 1. The molecular weight excluding hydrogens is 228 g/mol. The molecular formula is C19H22. The normalized spacial score (nSPS) is 17.7. The Kier molecular flexibility index (Phi) is 2.97. The molecule has 1 aliphatic carbocycles. The molecule has 0 aromatic heterocycles. The molecule has 0 amide bonds. The van der Waals surface area contributed by atoms with Crippen molar-refractivity contribution in [2.24, 2.45) is 5.92 Å². The average molecular weight is 250 g/mol. The van der Waals surface area contributed by atoms with E-state index in [9.17, 15) is 0 Å². The van der Waals surface area contributed by atoms with Gasteiger partial charge in [0.15, 0.2) is 0 Å². The van der Waals surface area contributed by atoms with Crippen molar-refractivity contribution in [2.45, 2.75) is 39.5 Å². The van der Waals surface area contributed by atoms with Crippen molar-refractivity contribution in [1.82, 2.24) is 0 Å². The molecule has 0 aliphatic heterocycles. The van der Waals surface area contributed by atoms with Gasteiger partial charge in [-0.1, -0.05) is 70.2 Å². The van der Waals surface area contributed by atoms with Crippen molar-refractivity contribution in [1.29, 1.82) is 0 Å². The summed E-state index contributed by atoms with van der Waals surface area (Å²) in [4.78, 5) is 0. The maximum absolute atomic E-state index is 2.38. The van der Waals surface area contributed by atoms with Crippen LogP contribution in [0.1, 0.15) is 56.2 Å². The van der Waals surface area contributed by atoms with Crippen molar-refractivity contribution < 1.29 is 0 Å². The first-order valence-electron chi connectivity index (χ1n) is 7.32. The summed E-state index contributed by atoms with van der Waals surface area (Å²) < 4.78 is 0. The maximum atomic E-state index is 2.38. The van der Waals surface area contributed by atoms with Crippen LogP contribution in [0.2, 0.25) is 0 Å². The number of benzene rings is 2. The second-order valence-corrected chi connectivity index (χ2v) is 6.34. The molecule has 98 valence electrons. The summed E-state index contributed by atoms with van der Waals surface area (Å²) in [6.07, 6.45) is 4.71. The third-order valence-corrected chi connectivity index (χ3v) is 4.29. The molecule has 0 saturated carbocycles. The molecule has 1 unspecified atom stereocenters. The number of hydrogen-bond donors (Lipinski definition) is 0. The van der Waals surface area contributed by atoms with Crippen molar-refractivity contribution in [3.05, 3.63) is 53.1 Å². The zero-order valence-corrected chi connectivity index (χ0v) is 12.3. The van der Waals surface area contributed by atoms with Gasteiger partial charge in [0.05, 0.1) is 0 Å². The fourth-order valence-electron chi connectivity index (χ4n) is 3.15. The topological polar surface area (TPSA) is 0 Å². The predicted molar refractivity (Wildman–Crippen MR) is 84.7 cm³/mol. The van der Waals surface area contributed by atoms with Crippen LogP contribution < -0.4 is 0 Å². The van der Waals surface area contributed by atoms with E-state index < -0.39 is 0 Å². The summed E-state index contributed by atoms with van der Waals surface area (Å²) in [6, 6.07) is 11.5. The van der Waals surface area contributed by atoms with Crippen molar-refractivity contribution in [2.75, 3.05) is 0 Å². The summed E-state index contributed by atoms with van der Waals surface area (Å²) in [5.74, 6) is 1.79. The molecule has 0 spiro atoms. The minimum Gasteiger partial charge on any atom is -0.0761 e. The molecule has 0 nitrogen and oxygen atoms in total. The summed E-state index contributed by atoms with van der Waals surface area (Å²) in [6.45, 7) is 9.14. The zero-order chi connectivity index (χ0) is 13.6. The molecule has 2 aromatic rings. The highest BCUT2D eigenvalue weighted by Crippen LogP contribution is 2.39. The Labute approximate surface area is 116 Å². The number of rotatable bonds is 2. The highest BCUT2D eigenvalue weighted by Gasteiger charge is 2.20. The van der Waals surface area contributed by atoms with E-state index in [4.69, 9.17) is 0 Å². The zero-order valence-electron chi connectivity index (χ0n) is 12.3. The average Bonchev–Trinajstić information content (AvgIpc) is 2.38.